The van der Waals surface area contributed by atoms with E-state index in [2.05, 4.69) is 51.5 Å². The highest BCUT2D eigenvalue weighted by Crippen LogP contribution is 2.34. The maximum Gasteiger partial charge on any atom is 0.211 e. The number of imidazole rings is 1. The summed E-state index contributed by atoms with van der Waals surface area (Å²) < 4.78 is 2.20. The van der Waals surface area contributed by atoms with Gasteiger partial charge >= 0.3 is 0 Å². The van der Waals surface area contributed by atoms with Gasteiger partial charge in [-0.25, -0.2) is 9.97 Å². The Kier molecular flexibility index (Phi) is 4.69. The van der Waals surface area contributed by atoms with Crippen LogP contribution < -0.4 is 4.90 Å². The van der Waals surface area contributed by atoms with E-state index in [9.17, 15) is 0 Å². The minimum absolute atomic E-state index is 0.363. The summed E-state index contributed by atoms with van der Waals surface area (Å²) in [5.41, 5.74) is 4.73. The Labute approximate surface area is 183 Å². The number of likely N-dealkylation sites (tertiary alicyclic amines) is 1. The zero-order chi connectivity index (χ0) is 20.9. The minimum Gasteiger partial charge on any atom is -0.341 e. The lowest BCUT2D eigenvalue weighted by Crippen LogP contribution is -2.28. The summed E-state index contributed by atoms with van der Waals surface area (Å²) in [5.74, 6) is 2.56. The van der Waals surface area contributed by atoms with Crippen LogP contribution in [0.5, 0.6) is 0 Å². The predicted molar refractivity (Wildman–Crippen MR) is 121 cm³/mol. The molecule has 3 atom stereocenters. The van der Waals surface area contributed by atoms with E-state index in [0.717, 1.165) is 61.6 Å². The number of anilines is 1. The van der Waals surface area contributed by atoms with Gasteiger partial charge in [-0.2, -0.15) is 0 Å². The van der Waals surface area contributed by atoms with Crippen molar-refractivity contribution in [3.05, 3.63) is 53.7 Å². The molecular formula is C24H31N7. The van der Waals surface area contributed by atoms with Crippen LogP contribution in [0.1, 0.15) is 35.8 Å². The highest BCUT2D eigenvalue weighted by Gasteiger charge is 2.39. The normalized spacial score (nSPS) is 26.0. The molecule has 2 aliphatic heterocycles. The summed E-state index contributed by atoms with van der Waals surface area (Å²) in [5, 5.41) is 0. The van der Waals surface area contributed by atoms with E-state index < -0.39 is 0 Å². The Hall–Kier alpha value is -2.51. The molecule has 6 rings (SSSR count). The SMILES string of the molecule is CN1CC2CN(c3nccc4nc(CN(C)[C@H]5CCCc6cccnc65)cn34)CC2C1. The lowest BCUT2D eigenvalue weighted by molar-refractivity contribution is 0.206. The number of hydrogen-bond acceptors (Lipinski definition) is 6. The summed E-state index contributed by atoms with van der Waals surface area (Å²) in [7, 11) is 4.44. The molecule has 31 heavy (non-hydrogen) atoms. The molecule has 3 aromatic rings. The van der Waals surface area contributed by atoms with Crippen molar-refractivity contribution >= 4 is 11.6 Å². The number of hydrogen-bond donors (Lipinski definition) is 0. The quantitative estimate of drug-likeness (QED) is 0.651. The van der Waals surface area contributed by atoms with Gasteiger partial charge in [-0.1, -0.05) is 6.07 Å². The molecule has 5 heterocycles. The Balaban J connectivity index is 1.24. The first-order valence-electron chi connectivity index (χ1n) is 11.6. The molecule has 0 bridgehead atoms. The number of aromatic nitrogens is 4. The van der Waals surface area contributed by atoms with Crippen molar-refractivity contribution in [3.63, 3.8) is 0 Å². The van der Waals surface area contributed by atoms with Gasteiger partial charge in [0.05, 0.1) is 17.4 Å². The molecule has 2 saturated heterocycles. The molecule has 0 radical (unpaired) electrons. The van der Waals surface area contributed by atoms with Crippen molar-refractivity contribution < 1.29 is 0 Å². The number of nitrogens with zero attached hydrogens (tertiary/aromatic N) is 7. The van der Waals surface area contributed by atoms with Gasteiger partial charge in [-0.3, -0.25) is 14.3 Å². The van der Waals surface area contributed by atoms with E-state index in [0.29, 0.717) is 6.04 Å². The number of aryl methyl sites for hydroxylation is 1. The summed E-state index contributed by atoms with van der Waals surface area (Å²) in [6, 6.07) is 6.67. The average Bonchev–Trinajstić information content (AvgIpc) is 3.45. The first-order chi connectivity index (χ1) is 15.2. The third kappa shape index (κ3) is 3.40. The molecule has 7 nitrogen and oxygen atoms in total. The molecule has 2 unspecified atom stereocenters. The monoisotopic (exact) mass is 417 g/mol. The maximum absolute atomic E-state index is 4.95. The van der Waals surface area contributed by atoms with Gasteiger partial charge in [0.25, 0.3) is 0 Å². The summed E-state index contributed by atoms with van der Waals surface area (Å²) in [4.78, 5) is 21.8. The van der Waals surface area contributed by atoms with E-state index in [1.54, 1.807) is 0 Å². The van der Waals surface area contributed by atoms with Crippen molar-refractivity contribution in [2.75, 3.05) is 45.2 Å². The first kappa shape index (κ1) is 19.2. The maximum atomic E-state index is 4.95. The van der Waals surface area contributed by atoms with Crippen LogP contribution in [0.2, 0.25) is 0 Å². The Bertz CT molecular complexity index is 1080. The van der Waals surface area contributed by atoms with Gasteiger partial charge in [-0.15, -0.1) is 0 Å². The van der Waals surface area contributed by atoms with Crippen LogP contribution in [-0.4, -0.2) is 69.4 Å². The molecule has 0 aromatic carbocycles. The Morgan fingerprint density at radius 1 is 1.06 bits per heavy atom. The third-order valence-corrected chi connectivity index (χ3v) is 7.47. The van der Waals surface area contributed by atoms with Crippen molar-refractivity contribution in [3.8, 4) is 0 Å². The van der Waals surface area contributed by atoms with Gasteiger partial charge in [0.15, 0.2) is 0 Å². The lowest BCUT2D eigenvalue weighted by atomic mass is 9.91. The van der Waals surface area contributed by atoms with E-state index >= 15 is 0 Å². The van der Waals surface area contributed by atoms with E-state index in [1.807, 2.05) is 18.5 Å². The topological polar surface area (TPSA) is 52.8 Å². The lowest BCUT2D eigenvalue weighted by Gasteiger charge is -2.31. The molecule has 0 spiro atoms. The molecule has 3 aliphatic rings. The smallest absolute Gasteiger partial charge is 0.211 e. The fourth-order valence-electron chi connectivity index (χ4n) is 6.04. The highest BCUT2D eigenvalue weighted by molar-refractivity contribution is 5.48. The second-order valence-corrected chi connectivity index (χ2v) is 9.72. The first-order valence-corrected chi connectivity index (χ1v) is 11.6. The number of fused-ring (bicyclic) bond motifs is 3. The molecule has 2 fully saturated rings. The van der Waals surface area contributed by atoms with Gasteiger partial charge in [0.1, 0.15) is 5.65 Å². The van der Waals surface area contributed by atoms with Gasteiger partial charge in [0.2, 0.25) is 5.95 Å². The molecule has 162 valence electrons. The second kappa shape index (κ2) is 7.57. The van der Waals surface area contributed by atoms with Crippen LogP contribution in [0, 0.1) is 11.8 Å². The van der Waals surface area contributed by atoms with Crippen molar-refractivity contribution in [2.45, 2.75) is 31.8 Å². The van der Waals surface area contributed by atoms with E-state index in [4.69, 9.17) is 15.0 Å². The van der Waals surface area contributed by atoms with Crippen LogP contribution in [0.25, 0.3) is 5.65 Å². The van der Waals surface area contributed by atoms with Gasteiger partial charge in [0, 0.05) is 51.3 Å². The molecular weight excluding hydrogens is 386 g/mol. The molecule has 0 saturated carbocycles. The van der Waals surface area contributed by atoms with Crippen molar-refractivity contribution in [1.29, 1.82) is 0 Å². The third-order valence-electron chi connectivity index (χ3n) is 7.47. The minimum atomic E-state index is 0.363. The fraction of sp³-hybridized carbons (Fsp3) is 0.542. The van der Waals surface area contributed by atoms with E-state index in [-0.39, 0.29) is 0 Å². The Morgan fingerprint density at radius 2 is 1.90 bits per heavy atom. The fourth-order valence-corrected chi connectivity index (χ4v) is 6.04. The molecule has 3 aromatic heterocycles. The van der Waals surface area contributed by atoms with Crippen LogP contribution in [-0.2, 0) is 13.0 Å². The summed E-state index contributed by atoms with van der Waals surface area (Å²) in [6.07, 6.45) is 9.55. The highest BCUT2D eigenvalue weighted by atomic mass is 15.3. The van der Waals surface area contributed by atoms with Crippen LogP contribution >= 0.6 is 0 Å². The van der Waals surface area contributed by atoms with Crippen LogP contribution in [0.15, 0.2) is 36.8 Å². The van der Waals surface area contributed by atoms with Crippen LogP contribution in [0.3, 0.4) is 0 Å². The standard InChI is InChI=1S/C24H31N7/c1-28-11-18-13-30(14-19(18)12-28)24-26-10-8-22-27-20(16-31(22)24)15-29(2)21-7-3-5-17-6-4-9-25-23(17)21/h4,6,8-10,16,18-19,21H,3,5,7,11-15H2,1-2H3/t18?,19?,21-/m0/s1. The van der Waals surface area contributed by atoms with Crippen molar-refractivity contribution in [1.82, 2.24) is 29.2 Å². The van der Waals surface area contributed by atoms with Crippen LogP contribution in [0.4, 0.5) is 5.95 Å². The predicted octanol–water partition coefficient (Wildman–Crippen LogP) is 2.63. The molecule has 0 N–H and O–H groups in total. The zero-order valence-corrected chi connectivity index (χ0v) is 18.5. The summed E-state index contributed by atoms with van der Waals surface area (Å²) >= 11 is 0. The number of rotatable bonds is 4. The van der Waals surface area contributed by atoms with Gasteiger partial charge < -0.3 is 9.80 Å². The van der Waals surface area contributed by atoms with Crippen molar-refractivity contribution in [2.24, 2.45) is 11.8 Å². The number of pyridine rings is 1. The van der Waals surface area contributed by atoms with Gasteiger partial charge in [-0.05, 0) is 62.9 Å². The Morgan fingerprint density at radius 3 is 2.74 bits per heavy atom. The second-order valence-electron chi connectivity index (χ2n) is 9.72. The largest absolute Gasteiger partial charge is 0.341 e. The summed E-state index contributed by atoms with van der Waals surface area (Å²) in [6.45, 7) is 5.41. The molecule has 1 aliphatic carbocycles. The zero-order valence-electron chi connectivity index (χ0n) is 18.5. The molecule has 7 heteroatoms. The average molecular weight is 418 g/mol. The van der Waals surface area contributed by atoms with E-state index in [1.165, 1.54) is 30.8 Å². The molecule has 0 amide bonds.